The molecule has 1 N–H and O–H groups in total. The molecule has 6 heterocycles. The van der Waals surface area contributed by atoms with Crippen molar-refractivity contribution in [3.05, 3.63) is 53.9 Å². The fourth-order valence-corrected chi connectivity index (χ4v) is 8.81. The van der Waals surface area contributed by atoms with Crippen molar-refractivity contribution >= 4 is 34.0 Å². The maximum Gasteiger partial charge on any atom is 0.407 e. The first kappa shape index (κ1) is 26.5. The van der Waals surface area contributed by atoms with E-state index in [1.54, 1.807) is 4.90 Å². The molecule has 228 valence electrons. The van der Waals surface area contributed by atoms with Gasteiger partial charge in [0.15, 0.2) is 11.2 Å². The number of anilines is 1. The Morgan fingerprint density at radius 1 is 0.977 bits per heavy atom. The van der Waals surface area contributed by atoms with Crippen LogP contribution in [0.25, 0.3) is 21.9 Å². The van der Waals surface area contributed by atoms with Gasteiger partial charge in [-0.15, -0.1) is 0 Å². The molecule has 5 fully saturated rings. The largest absolute Gasteiger partial charge is 0.474 e. The predicted octanol–water partition coefficient (Wildman–Crippen LogP) is 5.24. The van der Waals surface area contributed by atoms with Gasteiger partial charge in [0.25, 0.3) is 0 Å². The number of hydrogen-bond donors (Lipinski definition) is 1. The first-order valence-corrected chi connectivity index (χ1v) is 16.4. The topological polar surface area (TPSA) is 99.9 Å². The fraction of sp³-hybridized carbons (Fsp3) is 0.529. The summed E-state index contributed by atoms with van der Waals surface area (Å²) in [7, 11) is 0. The second kappa shape index (κ2) is 10.1. The van der Waals surface area contributed by atoms with E-state index in [1.807, 2.05) is 6.33 Å². The van der Waals surface area contributed by atoms with Crippen LogP contribution < -0.4 is 9.64 Å². The average Bonchev–Trinajstić information content (AvgIpc) is 3.35. The molecule has 2 aromatic carbocycles. The second-order valence-corrected chi connectivity index (χ2v) is 13.7. The van der Waals surface area contributed by atoms with E-state index in [2.05, 4.69) is 50.8 Å². The standard InChI is InChI=1S/C34H39N7O3/c42-33(43)41-25-11-12-26(41)19-38(18-25)32-36-30-29(31(37-32)44-20-34-13-3-15-40(34)16-4-14-34)35-21-39(30)17-24-7-1-5-23-6-2-8-27(28(23)24)22-9-10-22/h1-2,5-8,21-22,25-26H,3-4,9-20H2,(H,42,43)/t25-,26?/m0/s1. The van der Waals surface area contributed by atoms with Crippen LogP contribution in [0.3, 0.4) is 0 Å². The van der Waals surface area contributed by atoms with Crippen molar-refractivity contribution in [3.63, 3.8) is 0 Å². The van der Waals surface area contributed by atoms with Gasteiger partial charge in [0.05, 0.1) is 30.5 Å². The van der Waals surface area contributed by atoms with Crippen molar-refractivity contribution in [2.24, 2.45) is 0 Å². The molecule has 4 saturated heterocycles. The van der Waals surface area contributed by atoms with Gasteiger partial charge in [0.2, 0.25) is 11.8 Å². The number of carbonyl (C=O) groups is 1. The molecule has 5 aliphatic rings. The van der Waals surface area contributed by atoms with Crippen molar-refractivity contribution in [3.8, 4) is 5.88 Å². The molecule has 4 aliphatic heterocycles. The van der Waals surface area contributed by atoms with Crippen LogP contribution in [0.2, 0.25) is 0 Å². The van der Waals surface area contributed by atoms with Crippen LogP contribution in [0.1, 0.15) is 68.4 Å². The third-order valence-electron chi connectivity index (χ3n) is 11.1. The molecule has 2 aromatic heterocycles. The Morgan fingerprint density at radius 2 is 1.73 bits per heavy atom. The summed E-state index contributed by atoms with van der Waals surface area (Å²) in [6.07, 6.45) is 10.1. The maximum absolute atomic E-state index is 12.0. The first-order valence-electron chi connectivity index (χ1n) is 16.4. The van der Waals surface area contributed by atoms with E-state index < -0.39 is 6.09 Å². The Bertz CT molecular complexity index is 1740. The predicted molar refractivity (Wildman–Crippen MR) is 168 cm³/mol. The number of amides is 1. The van der Waals surface area contributed by atoms with Gasteiger partial charge in [-0.3, -0.25) is 9.80 Å². The van der Waals surface area contributed by atoms with Crippen LogP contribution in [0.15, 0.2) is 42.7 Å². The molecule has 0 radical (unpaired) electrons. The van der Waals surface area contributed by atoms with Crippen molar-refractivity contribution in [2.45, 2.75) is 81.5 Å². The van der Waals surface area contributed by atoms with Crippen LogP contribution in [-0.4, -0.2) is 90.9 Å². The number of aromatic nitrogens is 4. The van der Waals surface area contributed by atoms with Gasteiger partial charge in [-0.25, -0.2) is 9.78 Å². The van der Waals surface area contributed by atoms with Crippen LogP contribution in [0.5, 0.6) is 5.88 Å². The lowest BCUT2D eigenvalue weighted by atomic mass is 9.95. The molecule has 2 bridgehead atoms. The number of hydrogen-bond acceptors (Lipinski definition) is 7. The third-order valence-corrected chi connectivity index (χ3v) is 11.1. The Kier molecular flexibility index (Phi) is 6.05. The molecule has 44 heavy (non-hydrogen) atoms. The molecule has 2 atom stereocenters. The summed E-state index contributed by atoms with van der Waals surface area (Å²) in [4.78, 5) is 33.4. The summed E-state index contributed by atoms with van der Waals surface area (Å²) in [5, 5.41) is 12.5. The number of benzene rings is 2. The second-order valence-electron chi connectivity index (χ2n) is 13.7. The lowest BCUT2D eigenvalue weighted by Gasteiger charge is -2.39. The Morgan fingerprint density at radius 3 is 2.45 bits per heavy atom. The van der Waals surface area contributed by atoms with Gasteiger partial charge >= 0.3 is 6.09 Å². The zero-order valence-corrected chi connectivity index (χ0v) is 25.1. The number of fused-ring (bicyclic) bond motifs is 5. The summed E-state index contributed by atoms with van der Waals surface area (Å²) < 4.78 is 8.80. The van der Waals surface area contributed by atoms with Gasteiger partial charge in [0.1, 0.15) is 6.61 Å². The number of piperazine rings is 1. The van der Waals surface area contributed by atoms with Gasteiger partial charge < -0.3 is 19.3 Å². The lowest BCUT2D eigenvalue weighted by Crippen LogP contribution is -2.56. The van der Waals surface area contributed by atoms with Crippen molar-refractivity contribution in [2.75, 3.05) is 37.7 Å². The smallest absolute Gasteiger partial charge is 0.407 e. The highest BCUT2D eigenvalue weighted by molar-refractivity contribution is 5.90. The summed E-state index contributed by atoms with van der Waals surface area (Å²) >= 11 is 0. The summed E-state index contributed by atoms with van der Waals surface area (Å²) in [5.74, 6) is 1.81. The third kappa shape index (κ3) is 4.24. The highest BCUT2D eigenvalue weighted by Crippen LogP contribution is 2.44. The number of rotatable bonds is 7. The van der Waals surface area contributed by atoms with Gasteiger partial charge in [-0.05, 0) is 92.3 Å². The van der Waals surface area contributed by atoms with E-state index in [4.69, 9.17) is 19.7 Å². The Balaban J connectivity index is 1.11. The van der Waals surface area contributed by atoms with Crippen LogP contribution in [0, 0.1) is 0 Å². The quantitative estimate of drug-likeness (QED) is 0.311. The molecular formula is C34H39N7O3. The van der Waals surface area contributed by atoms with E-state index >= 15 is 0 Å². The summed E-state index contributed by atoms with van der Waals surface area (Å²) in [6.45, 7) is 4.74. The molecule has 1 amide bonds. The minimum absolute atomic E-state index is 0.0409. The molecule has 4 aromatic rings. The summed E-state index contributed by atoms with van der Waals surface area (Å²) in [6, 6.07) is 13.2. The highest BCUT2D eigenvalue weighted by Gasteiger charge is 2.46. The molecular weight excluding hydrogens is 554 g/mol. The monoisotopic (exact) mass is 593 g/mol. The fourth-order valence-electron chi connectivity index (χ4n) is 8.81. The van der Waals surface area contributed by atoms with Crippen LogP contribution in [0.4, 0.5) is 10.7 Å². The van der Waals surface area contributed by atoms with Gasteiger partial charge in [0, 0.05) is 13.1 Å². The zero-order valence-electron chi connectivity index (χ0n) is 25.1. The molecule has 10 nitrogen and oxygen atoms in total. The van der Waals surface area contributed by atoms with Gasteiger partial charge in [-0.2, -0.15) is 9.97 Å². The van der Waals surface area contributed by atoms with Crippen LogP contribution in [-0.2, 0) is 6.54 Å². The first-order chi connectivity index (χ1) is 21.6. The van der Waals surface area contributed by atoms with E-state index in [9.17, 15) is 9.90 Å². The van der Waals surface area contributed by atoms with E-state index in [0.29, 0.717) is 49.5 Å². The lowest BCUT2D eigenvalue weighted by molar-refractivity contribution is 0.111. The normalized spacial score (nSPS) is 24.5. The molecule has 1 aliphatic carbocycles. The minimum atomic E-state index is -0.826. The van der Waals surface area contributed by atoms with E-state index in [0.717, 1.165) is 44.4 Å². The Hall–Kier alpha value is -3.92. The number of carboxylic acid groups (broad SMARTS) is 1. The van der Waals surface area contributed by atoms with Crippen molar-refractivity contribution < 1.29 is 14.6 Å². The zero-order chi connectivity index (χ0) is 29.4. The molecule has 0 spiro atoms. The summed E-state index contributed by atoms with van der Waals surface area (Å²) in [5.41, 5.74) is 4.28. The minimum Gasteiger partial charge on any atom is -0.474 e. The number of nitrogens with zero attached hydrogens (tertiary/aromatic N) is 7. The van der Waals surface area contributed by atoms with E-state index in [1.165, 1.54) is 47.6 Å². The van der Waals surface area contributed by atoms with Crippen molar-refractivity contribution in [1.29, 1.82) is 0 Å². The molecule has 10 heteroatoms. The Labute approximate surface area is 256 Å². The average molecular weight is 594 g/mol. The van der Waals surface area contributed by atoms with Crippen LogP contribution >= 0.6 is 0 Å². The molecule has 9 rings (SSSR count). The maximum atomic E-state index is 12.0. The number of imidazole rings is 1. The van der Waals surface area contributed by atoms with Crippen molar-refractivity contribution in [1.82, 2.24) is 29.3 Å². The highest BCUT2D eigenvalue weighted by atomic mass is 16.5. The van der Waals surface area contributed by atoms with Gasteiger partial charge in [-0.1, -0.05) is 36.4 Å². The van der Waals surface area contributed by atoms with E-state index in [-0.39, 0.29) is 17.6 Å². The SMILES string of the molecule is O=C(O)N1C2CC[C@H]1CN(c1nc(OCC34CCCN3CCC4)c3ncn(Cc4cccc5cccc(C6CC6)c45)c3n1)C2. The molecule has 1 unspecified atom stereocenters. The number of ether oxygens (including phenoxy) is 1. The molecule has 1 saturated carbocycles.